The molecule has 0 saturated carbocycles. The van der Waals surface area contributed by atoms with Crippen molar-refractivity contribution in [2.75, 3.05) is 13.2 Å². The molecule has 0 aliphatic heterocycles. The molecule has 0 aromatic heterocycles. The molecule has 3 rings (SSSR count). The zero-order valence-electron chi connectivity index (χ0n) is 17.2. The van der Waals surface area contributed by atoms with Crippen molar-refractivity contribution in [3.8, 4) is 11.5 Å². The largest absolute Gasteiger partial charge is 1.00 e. The Morgan fingerprint density at radius 3 is 1.76 bits per heavy atom. The van der Waals surface area contributed by atoms with E-state index in [2.05, 4.69) is 13.8 Å². The number of unbranched alkanes of at least 4 members (excludes halogenated alkanes) is 2. The Labute approximate surface area is 194 Å². The molecule has 0 atom stereocenters. The van der Waals surface area contributed by atoms with Gasteiger partial charge in [-0.25, -0.2) is 8.42 Å². The van der Waals surface area contributed by atoms with Gasteiger partial charge in [-0.1, -0.05) is 51.0 Å². The van der Waals surface area contributed by atoms with Gasteiger partial charge in [0.1, 0.15) is 21.6 Å². The van der Waals surface area contributed by atoms with Crippen molar-refractivity contribution in [3.05, 3.63) is 42.5 Å². The number of benzene rings is 3. The molecular weight excluding hydrogens is 399 g/mol. The molecule has 3 aromatic rings. The first-order valence-electron chi connectivity index (χ1n) is 9.67. The Morgan fingerprint density at radius 1 is 0.793 bits per heavy atom. The van der Waals surface area contributed by atoms with Gasteiger partial charge in [0.25, 0.3) is 0 Å². The van der Waals surface area contributed by atoms with Crippen LogP contribution in [0, 0.1) is 0 Å². The van der Waals surface area contributed by atoms with Crippen molar-refractivity contribution < 1.29 is 52.0 Å². The average molecular weight is 424 g/mol. The van der Waals surface area contributed by atoms with Gasteiger partial charge in [0, 0.05) is 21.5 Å². The van der Waals surface area contributed by atoms with E-state index < -0.39 is 10.1 Å². The van der Waals surface area contributed by atoms with E-state index in [9.17, 15) is 13.0 Å². The molecule has 0 bridgehead atoms. The molecule has 0 unspecified atom stereocenters. The van der Waals surface area contributed by atoms with Crippen molar-refractivity contribution in [2.24, 2.45) is 0 Å². The first-order valence-corrected chi connectivity index (χ1v) is 11.1. The number of hydrogen-bond acceptors (Lipinski definition) is 5. The number of ether oxygens (including phenoxy) is 2. The molecule has 150 valence electrons. The van der Waals surface area contributed by atoms with Crippen LogP contribution in [0.25, 0.3) is 21.5 Å². The van der Waals surface area contributed by atoms with Crippen LogP contribution in [0.15, 0.2) is 47.4 Å². The fraction of sp³-hybridized carbons (Fsp3) is 0.364. The molecule has 3 aromatic carbocycles. The summed E-state index contributed by atoms with van der Waals surface area (Å²) in [5, 5.41) is 3.08. The van der Waals surface area contributed by atoms with Gasteiger partial charge in [-0.05, 0) is 31.0 Å². The molecule has 0 fully saturated rings. The maximum Gasteiger partial charge on any atom is 1.00 e. The van der Waals surface area contributed by atoms with Crippen molar-refractivity contribution in [2.45, 2.75) is 44.4 Å². The van der Waals surface area contributed by atoms with Gasteiger partial charge in [-0.3, -0.25) is 0 Å². The Kier molecular flexibility index (Phi) is 8.79. The van der Waals surface area contributed by atoms with Crippen LogP contribution in [0.4, 0.5) is 0 Å². The van der Waals surface area contributed by atoms with Gasteiger partial charge >= 0.3 is 29.6 Å². The molecular formula is C22H25NaO5S. The van der Waals surface area contributed by atoms with Crippen LogP contribution in [0.2, 0.25) is 0 Å². The van der Waals surface area contributed by atoms with Crippen LogP contribution in [0.5, 0.6) is 11.5 Å². The van der Waals surface area contributed by atoms with Crippen LogP contribution in [0.1, 0.15) is 39.5 Å². The van der Waals surface area contributed by atoms with E-state index in [0.717, 1.165) is 41.8 Å². The maximum atomic E-state index is 11.6. The van der Waals surface area contributed by atoms with E-state index in [0.29, 0.717) is 30.1 Å². The van der Waals surface area contributed by atoms with Crippen molar-refractivity contribution in [1.29, 1.82) is 0 Å². The van der Waals surface area contributed by atoms with Gasteiger partial charge in [-0.2, -0.15) is 0 Å². The monoisotopic (exact) mass is 424 g/mol. The summed E-state index contributed by atoms with van der Waals surface area (Å²) in [6, 6.07) is 12.1. The van der Waals surface area contributed by atoms with E-state index in [1.807, 2.05) is 24.3 Å². The Morgan fingerprint density at radius 2 is 1.28 bits per heavy atom. The van der Waals surface area contributed by atoms with Crippen LogP contribution in [0.3, 0.4) is 0 Å². The van der Waals surface area contributed by atoms with Gasteiger partial charge in [0.2, 0.25) is 0 Å². The van der Waals surface area contributed by atoms with Crippen molar-refractivity contribution in [3.63, 3.8) is 0 Å². The van der Waals surface area contributed by atoms with E-state index >= 15 is 0 Å². The summed E-state index contributed by atoms with van der Waals surface area (Å²) in [5.74, 6) is 1.28. The first kappa shape index (κ1) is 24.0. The SMILES string of the molecule is CCCCOc1c2ccccc2c(OCCCC)c2cc(S(=O)(=O)[O-])ccc12.[Na+]. The normalized spacial score (nSPS) is 11.4. The molecule has 0 aliphatic carbocycles. The predicted octanol–water partition coefficient (Wildman–Crippen LogP) is 2.26. The van der Waals surface area contributed by atoms with E-state index in [4.69, 9.17) is 9.47 Å². The van der Waals surface area contributed by atoms with E-state index in [1.54, 1.807) is 6.07 Å². The molecule has 7 heteroatoms. The second-order valence-electron chi connectivity index (χ2n) is 6.77. The minimum Gasteiger partial charge on any atom is -0.744 e. The molecule has 0 saturated heterocycles. The summed E-state index contributed by atoms with van der Waals surface area (Å²) in [6.07, 6.45) is 3.78. The molecule has 0 N–H and O–H groups in total. The zero-order chi connectivity index (χ0) is 20.1. The van der Waals surface area contributed by atoms with E-state index in [1.165, 1.54) is 12.1 Å². The Balaban J connectivity index is 0.00000300. The van der Waals surface area contributed by atoms with Gasteiger partial charge in [0.05, 0.1) is 18.1 Å². The zero-order valence-corrected chi connectivity index (χ0v) is 20.1. The summed E-state index contributed by atoms with van der Waals surface area (Å²) >= 11 is 0. The quantitative estimate of drug-likeness (QED) is 0.228. The summed E-state index contributed by atoms with van der Waals surface area (Å²) in [7, 11) is -4.57. The van der Waals surface area contributed by atoms with Crippen LogP contribution in [-0.2, 0) is 10.1 Å². The fourth-order valence-electron chi connectivity index (χ4n) is 3.18. The molecule has 5 nitrogen and oxygen atoms in total. The van der Waals surface area contributed by atoms with Crippen LogP contribution in [-0.4, -0.2) is 26.2 Å². The smallest absolute Gasteiger partial charge is 0.744 e. The average Bonchev–Trinajstić information content (AvgIpc) is 2.68. The molecule has 0 heterocycles. The Bertz CT molecular complexity index is 1080. The third-order valence-corrected chi connectivity index (χ3v) is 5.51. The van der Waals surface area contributed by atoms with E-state index in [-0.39, 0.29) is 34.5 Å². The van der Waals surface area contributed by atoms with Crippen LogP contribution < -0.4 is 39.0 Å². The third-order valence-electron chi connectivity index (χ3n) is 4.67. The number of fused-ring (bicyclic) bond motifs is 2. The van der Waals surface area contributed by atoms with Crippen molar-refractivity contribution in [1.82, 2.24) is 0 Å². The minimum atomic E-state index is -4.57. The third kappa shape index (κ3) is 5.44. The summed E-state index contributed by atoms with van der Waals surface area (Å²) in [5.41, 5.74) is 0. The summed E-state index contributed by atoms with van der Waals surface area (Å²) < 4.78 is 46.9. The molecule has 0 amide bonds. The van der Waals surface area contributed by atoms with Crippen molar-refractivity contribution >= 4 is 31.7 Å². The molecule has 29 heavy (non-hydrogen) atoms. The summed E-state index contributed by atoms with van der Waals surface area (Å²) in [6.45, 7) is 5.25. The van der Waals surface area contributed by atoms with Gasteiger partial charge < -0.3 is 14.0 Å². The second-order valence-corrected chi connectivity index (χ2v) is 8.15. The van der Waals surface area contributed by atoms with Crippen LogP contribution >= 0.6 is 0 Å². The molecule has 0 radical (unpaired) electrons. The maximum absolute atomic E-state index is 11.6. The van der Waals surface area contributed by atoms with Gasteiger partial charge in [-0.15, -0.1) is 0 Å². The topological polar surface area (TPSA) is 75.7 Å². The standard InChI is InChI=1S/C22H26O5S.Na/c1-3-5-13-26-21-17-9-7-8-10-18(17)22(27-14-6-4-2)20-15-16(28(23,24)25)11-12-19(20)21;/h7-12,15H,3-6,13-14H2,1-2H3,(H,23,24,25);/q;+1/p-1. The molecule has 0 spiro atoms. The molecule has 0 aliphatic rings. The minimum absolute atomic E-state index is 0. The number of hydrogen-bond donors (Lipinski definition) is 0. The first-order chi connectivity index (χ1) is 13.5. The second kappa shape index (κ2) is 10.6. The summed E-state index contributed by atoms with van der Waals surface area (Å²) in [4.78, 5) is -0.268. The number of rotatable bonds is 9. The predicted molar refractivity (Wildman–Crippen MR) is 110 cm³/mol. The fourth-order valence-corrected chi connectivity index (χ4v) is 3.68. The Hall–Kier alpha value is -1.31. The van der Waals surface area contributed by atoms with Gasteiger partial charge in [0.15, 0.2) is 0 Å².